The summed E-state index contributed by atoms with van der Waals surface area (Å²) >= 11 is 0. The smallest absolute Gasteiger partial charge is 0.311 e. The average Bonchev–Trinajstić information content (AvgIpc) is 2.65. The number of aldehydes is 1. The second kappa shape index (κ2) is 8.65. The van der Waals surface area contributed by atoms with Crippen LogP contribution in [-0.4, -0.2) is 33.7 Å². The third kappa shape index (κ3) is 5.16. The lowest BCUT2D eigenvalue weighted by atomic mass is 10.0. The number of carbonyl (C=O) groups excluding carboxylic acids is 2. The van der Waals surface area contributed by atoms with Crippen LogP contribution in [0.3, 0.4) is 0 Å². The molecule has 0 fully saturated rings. The van der Waals surface area contributed by atoms with E-state index in [0.29, 0.717) is 12.8 Å². The summed E-state index contributed by atoms with van der Waals surface area (Å²) in [5.41, 5.74) is 0.310. The van der Waals surface area contributed by atoms with Gasteiger partial charge in [-0.25, -0.2) is 0 Å². The van der Waals surface area contributed by atoms with E-state index >= 15 is 0 Å². The zero-order valence-electron chi connectivity index (χ0n) is 16.4. The molecule has 0 spiro atoms. The Morgan fingerprint density at radius 3 is 2.39 bits per heavy atom. The van der Waals surface area contributed by atoms with Crippen molar-refractivity contribution in [3.05, 3.63) is 69.8 Å². The van der Waals surface area contributed by atoms with Crippen LogP contribution >= 0.6 is 0 Å². The van der Waals surface area contributed by atoms with Crippen molar-refractivity contribution in [2.24, 2.45) is 0 Å². The Morgan fingerprint density at radius 1 is 1.21 bits per heavy atom. The van der Waals surface area contributed by atoms with Gasteiger partial charge in [0.15, 0.2) is 11.9 Å². The minimum absolute atomic E-state index is 0.0509. The van der Waals surface area contributed by atoms with Crippen LogP contribution in [0.1, 0.15) is 43.6 Å². The average molecular weight is 384 g/mol. The van der Waals surface area contributed by atoms with Gasteiger partial charge in [0, 0.05) is 23.7 Å². The Kier molecular flexibility index (Phi) is 6.51. The molecule has 1 atom stereocenters. The van der Waals surface area contributed by atoms with Gasteiger partial charge in [0.2, 0.25) is 0 Å². The van der Waals surface area contributed by atoms with Crippen molar-refractivity contribution < 1.29 is 19.2 Å². The maximum atomic E-state index is 13.1. The number of nitro benzene ring substituents is 1. The quantitative estimate of drug-likeness (QED) is 0.409. The third-order valence-corrected chi connectivity index (χ3v) is 4.23. The van der Waals surface area contributed by atoms with Crippen molar-refractivity contribution in [1.29, 1.82) is 0 Å². The van der Waals surface area contributed by atoms with Crippen molar-refractivity contribution in [2.45, 2.75) is 45.9 Å². The van der Waals surface area contributed by atoms with Crippen LogP contribution in [0.15, 0.2) is 48.5 Å². The molecule has 2 aromatic carbocycles. The van der Waals surface area contributed by atoms with Crippen molar-refractivity contribution >= 4 is 17.9 Å². The Bertz CT molecular complexity index is 859. The van der Waals surface area contributed by atoms with E-state index in [1.54, 1.807) is 11.8 Å². The first-order valence-corrected chi connectivity index (χ1v) is 8.89. The van der Waals surface area contributed by atoms with E-state index in [9.17, 15) is 19.7 Å². The lowest BCUT2D eigenvalue weighted by Gasteiger charge is -2.37. The highest BCUT2D eigenvalue weighted by Crippen LogP contribution is 2.29. The molecule has 0 saturated carbocycles. The van der Waals surface area contributed by atoms with Gasteiger partial charge in [-0.3, -0.25) is 19.7 Å². The summed E-state index contributed by atoms with van der Waals surface area (Å²) in [5, 5.41) is 11.3. The summed E-state index contributed by atoms with van der Waals surface area (Å²) in [6, 6.07) is 13.5. The summed E-state index contributed by atoms with van der Waals surface area (Å²) in [6.45, 7) is 7.71. The SMILES string of the molecule is C[C@H](Oc1ccc(C=O)cc1[N+](=O)[O-])C(=O)N(Cc1ccccc1)C(C)(C)C. The Morgan fingerprint density at radius 2 is 1.86 bits per heavy atom. The largest absolute Gasteiger partial charge is 0.474 e. The van der Waals surface area contributed by atoms with Crippen molar-refractivity contribution in [3.63, 3.8) is 0 Å². The van der Waals surface area contributed by atoms with Crippen molar-refractivity contribution in [3.8, 4) is 5.75 Å². The summed E-state index contributed by atoms with van der Waals surface area (Å²) in [5.74, 6) is -0.338. The molecule has 0 aromatic heterocycles. The summed E-state index contributed by atoms with van der Waals surface area (Å²) in [7, 11) is 0. The Labute approximate surface area is 164 Å². The van der Waals surface area contributed by atoms with Crippen LogP contribution in [0.2, 0.25) is 0 Å². The number of hydrogen-bond acceptors (Lipinski definition) is 5. The van der Waals surface area contributed by atoms with E-state index in [1.165, 1.54) is 12.1 Å². The first-order chi connectivity index (χ1) is 13.1. The first kappa shape index (κ1) is 21.1. The van der Waals surface area contributed by atoms with Gasteiger partial charge in [-0.1, -0.05) is 30.3 Å². The summed E-state index contributed by atoms with van der Waals surface area (Å²) < 4.78 is 5.63. The van der Waals surface area contributed by atoms with Gasteiger partial charge >= 0.3 is 5.69 Å². The molecule has 2 rings (SSSR count). The van der Waals surface area contributed by atoms with Gasteiger partial charge in [-0.2, -0.15) is 0 Å². The van der Waals surface area contributed by atoms with Crippen LogP contribution in [0.4, 0.5) is 5.69 Å². The lowest BCUT2D eigenvalue weighted by Crippen LogP contribution is -2.50. The minimum atomic E-state index is -0.941. The fourth-order valence-electron chi connectivity index (χ4n) is 2.72. The van der Waals surface area contributed by atoms with Crippen LogP contribution in [0, 0.1) is 10.1 Å². The molecule has 7 heteroatoms. The van der Waals surface area contributed by atoms with Crippen LogP contribution < -0.4 is 4.74 Å². The third-order valence-electron chi connectivity index (χ3n) is 4.23. The molecule has 0 aliphatic heterocycles. The molecule has 0 aliphatic rings. The van der Waals surface area contributed by atoms with E-state index in [1.807, 2.05) is 51.1 Å². The monoisotopic (exact) mass is 384 g/mol. The zero-order chi connectivity index (χ0) is 20.9. The van der Waals surface area contributed by atoms with E-state index in [0.717, 1.165) is 11.6 Å². The number of nitrogens with zero attached hydrogens (tertiary/aromatic N) is 2. The molecule has 0 N–H and O–H groups in total. The van der Waals surface area contributed by atoms with E-state index in [-0.39, 0.29) is 22.9 Å². The molecule has 0 aliphatic carbocycles. The minimum Gasteiger partial charge on any atom is -0.474 e. The van der Waals surface area contributed by atoms with Gasteiger partial charge in [0.1, 0.15) is 6.29 Å². The molecule has 2 aromatic rings. The highest BCUT2D eigenvalue weighted by Gasteiger charge is 2.32. The standard InChI is InChI=1S/C21H24N2O5/c1-15(28-19-11-10-17(14-24)12-18(19)23(26)27)20(25)22(21(2,3)4)13-16-8-6-5-7-9-16/h5-12,14-15H,13H2,1-4H3/t15-/m0/s1. The van der Waals surface area contributed by atoms with Crippen molar-refractivity contribution in [2.75, 3.05) is 0 Å². The van der Waals surface area contributed by atoms with Gasteiger partial charge in [0.05, 0.1) is 4.92 Å². The molecule has 0 unspecified atom stereocenters. The molecule has 0 saturated heterocycles. The number of amides is 1. The summed E-state index contributed by atoms with van der Waals surface area (Å²) in [4.78, 5) is 36.3. The number of benzene rings is 2. The molecule has 28 heavy (non-hydrogen) atoms. The highest BCUT2D eigenvalue weighted by molar-refractivity contribution is 5.82. The maximum absolute atomic E-state index is 13.1. The topological polar surface area (TPSA) is 89.7 Å². The van der Waals surface area contributed by atoms with Crippen LogP contribution in [-0.2, 0) is 11.3 Å². The highest BCUT2D eigenvalue weighted by atomic mass is 16.6. The lowest BCUT2D eigenvalue weighted by molar-refractivity contribution is -0.386. The molecule has 0 bridgehead atoms. The van der Waals surface area contributed by atoms with Gasteiger partial charge < -0.3 is 9.64 Å². The van der Waals surface area contributed by atoms with Crippen molar-refractivity contribution in [1.82, 2.24) is 4.90 Å². The molecular formula is C21H24N2O5. The fourth-order valence-corrected chi connectivity index (χ4v) is 2.72. The number of nitro groups is 1. The van der Waals surface area contributed by atoms with E-state index < -0.39 is 16.6 Å². The van der Waals surface area contributed by atoms with Crippen LogP contribution in [0.25, 0.3) is 0 Å². The van der Waals surface area contributed by atoms with Gasteiger partial charge in [0.25, 0.3) is 5.91 Å². The molecule has 148 valence electrons. The second-order valence-electron chi connectivity index (χ2n) is 7.44. The maximum Gasteiger partial charge on any atom is 0.311 e. The molecular weight excluding hydrogens is 360 g/mol. The van der Waals surface area contributed by atoms with Gasteiger partial charge in [-0.05, 0) is 45.4 Å². The number of ether oxygens (including phenoxy) is 1. The van der Waals surface area contributed by atoms with Crippen LogP contribution in [0.5, 0.6) is 5.75 Å². The Balaban J connectivity index is 2.26. The summed E-state index contributed by atoms with van der Waals surface area (Å²) in [6.07, 6.45) is -0.421. The van der Waals surface area contributed by atoms with E-state index in [2.05, 4.69) is 0 Å². The second-order valence-corrected chi connectivity index (χ2v) is 7.44. The number of carbonyl (C=O) groups is 2. The number of hydrogen-bond donors (Lipinski definition) is 0. The van der Waals surface area contributed by atoms with Gasteiger partial charge in [-0.15, -0.1) is 0 Å². The molecule has 0 radical (unpaired) electrons. The molecule has 7 nitrogen and oxygen atoms in total. The zero-order valence-corrected chi connectivity index (χ0v) is 16.4. The first-order valence-electron chi connectivity index (χ1n) is 8.89. The number of rotatable bonds is 7. The normalized spacial score (nSPS) is 12.1. The predicted molar refractivity (Wildman–Crippen MR) is 105 cm³/mol. The Hall–Kier alpha value is -3.22. The molecule has 1 amide bonds. The fraction of sp³-hybridized carbons (Fsp3) is 0.333. The molecule has 0 heterocycles. The van der Waals surface area contributed by atoms with E-state index in [4.69, 9.17) is 4.74 Å². The predicted octanol–water partition coefficient (Wildman–Crippen LogP) is 4.00.